The van der Waals surface area contributed by atoms with Gasteiger partial charge in [0.15, 0.2) is 0 Å². The van der Waals surface area contributed by atoms with Gasteiger partial charge in [-0.1, -0.05) is 17.3 Å². The smallest absolute Gasteiger partial charge is 0.141 e. The predicted octanol–water partition coefficient (Wildman–Crippen LogP) is 3.26. The number of aryl methyl sites for hydroxylation is 3. The first-order valence-electron chi connectivity index (χ1n) is 6.91. The van der Waals surface area contributed by atoms with Gasteiger partial charge >= 0.3 is 0 Å². The number of hydrogen-bond acceptors (Lipinski definition) is 3. The molecule has 21 heavy (non-hydrogen) atoms. The molecule has 0 bridgehead atoms. The van der Waals surface area contributed by atoms with Gasteiger partial charge < -0.3 is 4.52 Å². The van der Waals surface area contributed by atoms with Crippen molar-refractivity contribution in [2.75, 3.05) is 0 Å². The number of benzene rings is 1. The minimum absolute atomic E-state index is 0.0946. The van der Waals surface area contributed by atoms with E-state index < -0.39 is 9.71 Å². The van der Waals surface area contributed by atoms with E-state index in [0.29, 0.717) is 0 Å². The molecule has 0 radical (unpaired) electrons. The van der Waals surface area contributed by atoms with Crippen LogP contribution in [0.2, 0.25) is 0 Å². The maximum Gasteiger partial charge on any atom is 0.141 e. The summed E-state index contributed by atoms with van der Waals surface area (Å²) in [5, 5.41) is 3.98. The molecule has 2 aromatic rings. The van der Waals surface area contributed by atoms with Crippen LogP contribution in [0.4, 0.5) is 0 Å². The second kappa shape index (κ2) is 5.66. The van der Waals surface area contributed by atoms with E-state index in [1.807, 2.05) is 52.8 Å². The van der Waals surface area contributed by atoms with Gasteiger partial charge in [0, 0.05) is 16.5 Å². The first-order chi connectivity index (χ1) is 9.72. The van der Waals surface area contributed by atoms with Crippen molar-refractivity contribution in [1.29, 1.82) is 0 Å². The molecule has 0 aliphatic rings. The molecule has 0 saturated carbocycles. The molecule has 4 nitrogen and oxygen atoms in total. The van der Waals surface area contributed by atoms with Crippen molar-refractivity contribution >= 4 is 15.6 Å². The van der Waals surface area contributed by atoms with Crippen LogP contribution in [0, 0.1) is 20.8 Å². The van der Waals surface area contributed by atoms with Gasteiger partial charge in [0.05, 0.1) is 15.4 Å². The minimum atomic E-state index is -2.53. The van der Waals surface area contributed by atoms with Crippen LogP contribution < -0.4 is 4.72 Å². The summed E-state index contributed by atoms with van der Waals surface area (Å²) in [4.78, 5) is 0.730. The van der Waals surface area contributed by atoms with Gasteiger partial charge in [0.1, 0.15) is 5.76 Å². The second-order valence-electron chi connectivity index (χ2n) is 5.63. The molecule has 0 fully saturated rings. The molecule has 1 unspecified atom stereocenters. The lowest BCUT2D eigenvalue weighted by molar-refractivity contribution is 0.393. The highest BCUT2D eigenvalue weighted by atomic mass is 32.2. The quantitative estimate of drug-likeness (QED) is 0.882. The van der Waals surface area contributed by atoms with Gasteiger partial charge in [0.2, 0.25) is 0 Å². The van der Waals surface area contributed by atoms with Gasteiger partial charge in [-0.2, -0.15) is 0 Å². The van der Waals surface area contributed by atoms with E-state index in [4.69, 9.17) is 4.52 Å². The fourth-order valence-electron chi connectivity index (χ4n) is 2.45. The standard InChI is InChI=1S/C16H22N2O2S/c1-10(2)18-21(6,19)15-9-14(8-7-11(15)3)16-12(4)17-20-13(16)5/h7-10H,6H2,1-5H3,(H,18,19). The normalized spacial score (nSPS) is 14.4. The molecule has 1 heterocycles. The van der Waals surface area contributed by atoms with E-state index in [0.717, 1.165) is 33.0 Å². The van der Waals surface area contributed by atoms with Crippen molar-refractivity contribution in [2.45, 2.75) is 45.6 Å². The van der Waals surface area contributed by atoms with E-state index in [9.17, 15) is 4.21 Å². The third-order valence-corrected chi connectivity index (χ3v) is 5.29. The molecule has 114 valence electrons. The monoisotopic (exact) mass is 306 g/mol. The van der Waals surface area contributed by atoms with Gasteiger partial charge in [-0.3, -0.25) is 0 Å². The minimum Gasteiger partial charge on any atom is -0.361 e. The van der Waals surface area contributed by atoms with Crippen molar-refractivity contribution in [3.05, 3.63) is 35.2 Å². The molecule has 1 aromatic heterocycles. The van der Waals surface area contributed by atoms with Crippen LogP contribution in [-0.2, 0) is 9.71 Å². The van der Waals surface area contributed by atoms with Crippen molar-refractivity contribution in [1.82, 2.24) is 9.88 Å². The maximum absolute atomic E-state index is 12.8. The van der Waals surface area contributed by atoms with E-state index in [1.165, 1.54) is 0 Å². The number of aromatic nitrogens is 1. The third kappa shape index (κ3) is 3.19. The fourth-order valence-corrected chi connectivity index (χ4v) is 4.24. The molecule has 1 N–H and O–H groups in total. The highest BCUT2D eigenvalue weighted by molar-refractivity contribution is 7.98. The Balaban J connectivity index is 2.58. The van der Waals surface area contributed by atoms with Gasteiger partial charge in [-0.25, -0.2) is 8.93 Å². The highest BCUT2D eigenvalue weighted by Gasteiger charge is 2.16. The average Bonchev–Trinajstić information content (AvgIpc) is 2.68. The van der Waals surface area contributed by atoms with Crippen LogP contribution in [0.3, 0.4) is 0 Å². The van der Waals surface area contributed by atoms with Gasteiger partial charge in [-0.05, 0) is 57.7 Å². The summed E-state index contributed by atoms with van der Waals surface area (Å²) < 4.78 is 21.1. The molecular weight excluding hydrogens is 284 g/mol. The lowest BCUT2D eigenvalue weighted by atomic mass is 10.0. The molecule has 0 aliphatic carbocycles. The second-order valence-corrected chi connectivity index (χ2v) is 7.65. The summed E-state index contributed by atoms with van der Waals surface area (Å²) in [6, 6.07) is 5.98. The van der Waals surface area contributed by atoms with E-state index in [2.05, 4.69) is 15.7 Å². The Labute approximate surface area is 126 Å². The molecule has 0 amide bonds. The summed E-state index contributed by atoms with van der Waals surface area (Å²) in [5.74, 6) is 4.65. The first kappa shape index (κ1) is 15.8. The molecule has 0 saturated heterocycles. The Morgan fingerprint density at radius 2 is 1.95 bits per heavy atom. The summed E-state index contributed by atoms with van der Waals surface area (Å²) in [5.41, 5.74) is 3.69. The lowest BCUT2D eigenvalue weighted by Crippen LogP contribution is -2.30. The highest BCUT2D eigenvalue weighted by Crippen LogP contribution is 2.30. The van der Waals surface area contributed by atoms with E-state index in [-0.39, 0.29) is 6.04 Å². The Hall–Kier alpha value is -1.59. The summed E-state index contributed by atoms with van der Waals surface area (Å²) >= 11 is 0. The topological polar surface area (TPSA) is 55.1 Å². The van der Waals surface area contributed by atoms with Crippen molar-refractivity contribution in [2.24, 2.45) is 0 Å². The number of nitrogens with one attached hydrogen (secondary N) is 1. The summed E-state index contributed by atoms with van der Waals surface area (Å²) in [7, 11) is -2.53. The van der Waals surface area contributed by atoms with Crippen LogP contribution in [-0.4, -0.2) is 21.3 Å². The largest absolute Gasteiger partial charge is 0.361 e. The molecule has 1 atom stereocenters. The van der Waals surface area contributed by atoms with Crippen LogP contribution in [0.15, 0.2) is 27.6 Å². The molecule has 2 rings (SSSR count). The lowest BCUT2D eigenvalue weighted by Gasteiger charge is -2.17. The Bertz CT molecular complexity index is 739. The summed E-state index contributed by atoms with van der Waals surface area (Å²) in [6.07, 6.45) is 0. The number of nitrogens with zero attached hydrogens (tertiary/aromatic N) is 1. The number of hydrogen-bond donors (Lipinski definition) is 1. The zero-order chi connectivity index (χ0) is 15.8. The molecule has 5 heteroatoms. The average molecular weight is 306 g/mol. The molecular formula is C16H22N2O2S. The Morgan fingerprint density at radius 1 is 1.29 bits per heavy atom. The van der Waals surface area contributed by atoms with Gasteiger partial charge in [-0.15, -0.1) is 0 Å². The third-order valence-electron chi connectivity index (χ3n) is 3.29. The molecule has 0 spiro atoms. The van der Waals surface area contributed by atoms with E-state index in [1.54, 1.807) is 0 Å². The van der Waals surface area contributed by atoms with Crippen molar-refractivity contribution in [3.63, 3.8) is 0 Å². The fraction of sp³-hybridized carbons (Fsp3) is 0.375. The molecule has 0 aliphatic heterocycles. The predicted molar refractivity (Wildman–Crippen MR) is 88.0 cm³/mol. The van der Waals surface area contributed by atoms with Gasteiger partial charge in [0.25, 0.3) is 0 Å². The van der Waals surface area contributed by atoms with Crippen LogP contribution >= 0.6 is 0 Å². The summed E-state index contributed by atoms with van der Waals surface area (Å²) in [6.45, 7) is 9.64. The zero-order valence-electron chi connectivity index (χ0n) is 13.2. The SMILES string of the molecule is C=S(=O)(NC(C)C)c1cc(-c2c(C)noc2C)ccc1C. The van der Waals surface area contributed by atoms with Crippen LogP contribution in [0.1, 0.15) is 30.9 Å². The number of rotatable bonds is 4. The van der Waals surface area contributed by atoms with Crippen molar-refractivity contribution in [3.8, 4) is 11.1 Å². The van der Waals surface area contributed by atoms with Crippen molar-refractivity contribution < 1.29 is 8.73 Å². The van der Waals surface area contributed by atoms with Crippen LogP contribution in [0.25, 0.3) is 11.1 Å². The maximum atomic E-state index is 12.8. The Kier molecular flexibility index (Phi) is 4.25. The first-order valence-corrected chi connectivity index (χ1v) is 8.63. The van der Waals surface area contributed by atoms with E-state index >= 15 is 0 Å². The molecule has 1 aromatic carbocycles. The van der Waals surface area contributed by atoms with Crippen LogP contribution in [0.5, 0.6) is 0 Å². The zero-order valence-corrected chi connectivity index (χ0v) is 14.0. The Morgan fingerprint density at radius 3 is 2.48 bits per heavy atom.